The topological polar surface area (TPSA) is 37.8 Å². The molecule has 0 atom stereocenters. The van der Waals surface area contributed by atoms with Gasteiger partial charge < -0.3 is 4.98 Å². The van der Waals surface area contributed by atoms with Crippen molar-refractivity contribution in [2.75, 3.05) is 0 Å². The van der Waals surface area contributed by atoms with Gasteiger partial charge in [0, 0.05) is 4.47 Å². The van der Waals surface area contributed by atoms with E-state index in [9.17, 15) is 4.79 Å². The van der Waals surface area contributed by atoms with Crippen LogP contribution in [-0.2, 0) is 0 Å². The van der Waals surface area contributed by atoms with E-state index in [-0.39, 0.29) is 5.56 Å². The molecule has 0 radical (unpaired) electrons. The number of nitrogens with one attached hydrogen (secondary N) is 1. The standard InChI is InChI=1S/C14H9BrN2OS/c15-9-4-3-5-10(8-9)17-13(18)11-6-1-2-7-12(11)16-14(17)19/h1-8H,(H,16,19). The summed E-state index contributed by atoms with van der Waals surface area (Å²) in [7, 11) is 0. The average molecular weight is 333 g/mol. The number of rotatable bonds is 1. The van der Waals surface area contributed by atoms with Crippen LogP contribution in [0.25, 0.3) is 16.6 Å². The molecular formula is C14H9BrN2OS. The lowest BCUT2D eigenvalue weighted by Crippen LogP contribution is -2.20. The van der Waals surface area contributed by atoms with E-state index < -0.39 is 0 Å². The van der Waals surface area contributed by atoms with Gasteiger partial charge in [-0.25, -0.2) is 0 Å². The Bertz CT molecular complexity index is 882. The van der Waals surface area contributed by atoms with E-state index in [1.807, 2.05) is 42.5 Å². The molecule has 2 aromatic carbocycles. The van der Waals surface area contributed by atoms with Gasteiger partial charge in [0.2, 0.25) is 0 Å². The molecule has 0 spiro atoms. The van der Waals surface area contributed by atoms with Crippen molar-refractivity contribution in [2.45, 2.75) is 0 Å². The number of benzene rings is 2. The van der Waals surface area contributed by atoms with Gasteiger partial charge in [-0.2, -0.15) is 0 Å². The number of aromatic amines is 1. The Morgan fingerprint density at radius 1 is 1.11 bits per heavy atom. The lowest BCUT2D eigenvalue weighted by Gasteiger charge is -2.08. The SMILES string of the molecule is O=c1c2ccccc2[nH]c(=S)n1-c1cccc(Br)c1. The first kappa shape index (κ1) is 12.3. The van der Waals surface area contributed by atoms with Gasteiger partial charge in [0.1, 0.15) is 0 Å². The average Bonchev–Trinajstić information content (AvgIpc) is 2.39. The van der Waals surface area contributed by atoms with E-state index >= 15 is 0 Å². The molecule has 1 aromatic heterocycles. The molecule has 0 aliphatic carbocycles. The van der Waals surface area contributed by atoms with Crippen LogP contribution >= 0.6 is 28.1 Å². The highest BCUT2D eigenvalue weighted by Gasteiger charge is 2.07. The molecule has 3 nitrogen and oxygen atoms in total. The minimum absolute atomic E-state index is 0.113. The summed E-state index contributed by atoms with van der Waals surface area (Å²) in [5.74, 6) is 0. The van der Waals surface area contributed by atoms with Crippen LogP contribution in [-0.4, -0.2) is 9.55 Å². The van der Waals surface area contributed by atoms with Crippen molar-refractivity contribution < 1.29 is 0 Å². The lowest BCUT2D eigenvalue weighted by molar-refractivity contribution is 0.939. The van der Waals surface area contributed by atoms with E-state index in [4.69, 9.17) is 12.2 Å². The molecule has 0 unspecified atom stereocenters. The number of hydrogen-bond donors (Lipinski definition) is 1. The normalized spacial score (nSPS) is 10.8. The first-order valence-electron chi connectivity index (χ1n) is 5.67. The Hall–Kier alpha value is -1.72. The van der Waals surface area contributed by atoms with Gasteiger partial charge in [0.05, 0.1) is 16.6 Å². The summed E-state index contributed by atoms with van der Waals surface area (Å²) in [6.07, 6.45) is 0. The Morgan fingerprint density at radius 2 is 1.89 bits per heavy atom. The third-order valence-corrected chi connectivity index (χ3v) is 3.65. The highest BCUT2D eigenvalue weighted by Crippen LogP contribution is 2.15. The van der Waals surface area contributed by atoms with E-state index in [1.165, 1.54) is 4.57 Å². The highest BCUT2D eigenvalue weighted by atomic mass is 79.9. The Morgan fingerprint density at radius 3 is 2.68 bits per heavy atom. The quantitative estimate of drug-likeness (QED) is 0.688. The summed E-state index contributed by atoms with van der Waals surface area (Å²) >= 11 is 8.68. The van der Waals surface area contributed by atoms with Crippen LogP contribution in [0, 0.1) is 4.77 Å². The number of halogens is 1. The van der Waals surface area contributed by atoms with Crippen LogP contribution in [0.2, 0.25) is 0 Å². The van der Waals surface area contributed by atoms with E-state index in [0.717, 1.165) is 15.7 Å². The zero-order valence-corrected chi connectivity index (χ0v) is 12.2. The zero-order valence-electron chi connectivity index (χ0n) is 9.76. The smallest absolute Gasteiger partial charge is 0.266 e. The third-order valence-electron chi connectivity index (χ3n) is 2.87. The Kier molecular flexibility index (Phi) is 3.08. The van der Waals surface area contributed by atoms with Crippen molar-refractivity contribution in [2.24, 2.45) is 0 Å². The fourth-order valence-electron chi connectivity index (χ4n) is 2.01. The van der Waals surface area contributed by atoms with Crippen molar-refractivity contribution in [1.82, 2.24) is 9.55 Å². The van der Waals surface area contributed by atoms with Crippen LogP contribution in [0.4, 0.5) is 0 Å². The van der Waals surface area contributed by atoms with Gasteiger partial charge in [-0.1, -0.05) is 34.1 Å². The van der Waals surface area contributed by atoms with Crippen LogP contribution < -0.4 is 5.56 Å². The summed E-state index contributed by atoms with van der Waals surface area (Å²) in [5, 5.41) is 0.621. The molecule has 0 saturated heterocycles. The minimum atomic E-state index is -0.113. The molecule has 94 valence electrons. The summed E-state index contributed by atoms with van der Waals surface area (Å²) in [5.41, 5.74) is 1.38. The lowest BCUT2D eigenvalue weighted by atomic mass is 10.2. The molecule has 3 rings (SSSR count). The van der Waals surface area contributed by atoms with Crippen molar-refractivity contribution >= 4 is 39.1 Å². The van der Waals surface area contributed by atoms with Crippen LogP contribution in [0.15, 0.2) is 57.8 Å². The van der Waals surface area contributed by atoms with E-state index in [1.54, 1.807) is 6.07 Å². The van der Waals surface area contributed by atoms with Gasteiger partial charge >= 0.3 is 0 Å². The Labute approximate surface area is 122 Å². The maximum absolute atomic E-state index is 12.5. The molecular weight excluding hydrogens is 324 g/mol. The molecule has 0 bridgehead atoms. The number of H-pyrrole nitrogens is 1. The first-order valence-corrected chi connectivity index (χ1v) is 6.87. The minimum Gasteiger partial charge on any atom is -0.331 e. The zero-order chi connectivity index (χ0) is 13.4. The van der Waals surface area contributed by atoms with Gasteiger partial charge in [-0.05, 0) is 42.5 Å². The largest absolute Gasteiger partial charge is 0.331 e. The molecule has 0 aliphatic rings. The second-order valence-electron chi connectivity index (χ2n) is 4.10. The van der Waals surface area contributed by atoms with Gasteiger partial charge in [-0.15, -0.1) is 0 Å². The molecule has 1 N–H and O–H groups in total. The number of aromatic nitrogens is 2. The first-order chi connectivity index (χ1) is 9.16. The Balaban J connectivity index is 2.42. The molecule has 0 amide bonds. The monoisotopic (exact) mass is 332 g/mol. The predicted molar refractivity (Wildman–Crippen MR) is 82.4 cm³/mol. The molecule has 1 heterocycles. The molecule has 0 saturated carbocycles. The summed E-state index contributed by atoms with van der Waals surface area (Å²) < 4.78 is 2.80. The number of para-hydroxylation sites is 1. The summed E-state index contributed by atoms with van der Waals surface area (Å²) in [4.78, 5) is 15.6. The van der Waals surface area contributed by atoms with Gasteiger partial charge in [0.15, 0.2) is 4.77 Å². The fraction of sp³-hybridized carbons (Fsp3) is 0. The van der Waals surface area contributed by atoms with Crippen molar-refractivity contribution in [3.63, 3.8) is 0 Å². The fourth-order valence-corrected chi connectivity index (χ4v) is 2.70. The van der Waals surface area contributed by atoms with Crippen LogP contribution in [0.1, 0.15) is 0 Å². The predicted octanol–water partition coefficient (Wildman–Crippen LogP) is 3.81. The van der Waals surface area contributed by atoms with E-state index in [2.05, 4.69) is 20.9 Å². The maximum Gasteiger partial charge on any atom is 0.266 e. The van der Waals surface area contributed by atoms with Crippen molar-refractivity contribution in [1.29, 1.82) is 0 Å². The second-order valence-corrected chi connectivity index (χ2v) is 5.40. The summed E-state index contributed by atoms with van der Waals surface area (Å²) in [6.45, 7) is 0. The van der Waals surface area contributed by atoms with Gasteiger partial charge in [-0.3, -0.25) is 9.36 Å². The van der Waals surface area contributed by atoms with Crippen LogP contribution in [0.3, 0.4) is 0 Å². The molecule has 19 heavy (non-hydrogen) atoms. The molecule has 3 aromatic rings. The third kappa shape index (κ3) is 2.15. The van der Waals surface area contributed by atoms with Crippen molar-refractivity contribution in [3.8, 4) is 5.69 Å². The van der Waals surface area contributed by atoms with Gasteiger partial charge in [0.25, 0.3) is 5.56 Å². The van der Waals surface area contributed by atoms with Crippen LogP contribution in [0.5, 0.6) is 0 Å². The highest BCUT2D eigenvalue weighted by molar-refractivity contribution is 9.10. The number of fused-ring (bicyclic) bond motifs is 1. The number of nitrogens with zero attached hydrogens (tertiary/aromatic N) is 1. The second kappa shape index (κ2) is 4.75. The summed E-state index contributed by atoms with van der Waals surface area (Å²) in [6, 6.07) is 14.8. The molecule has 0 aliphatic heterocycles. The molecule has 0 fully saturated rings. The van der Waals surface area contributed by atoms with Crippen molar-refractivity contribution in [3.05, 3.63) is 68.1 Å². The molecule has 5 heteroatoms. The maximum atomic E-state index is 12.5. The number of hydrogen-bond acceptors (Lipinski definition) is 2. The van der Waals surface area contributed by atoms with E-state index in [0.29, 0.717) is 10.2 Å².